The van der Waals surface area contributed by atoms with Crippen molar-refractivity contribution in [3.8, 4) is 0 Å². The Hall–Kier alpha value is -1.26. The first-order valence-corrected chi connectivity index (χ1v) is 6.60. The van der Waals surface area contributed by atoms with Gasteiger partial charge < -0.3 is 15.7 Å². The second-order valence-electron chi connectivity index (χ2n) is 5.32. The molecule has 2 atom stereocenters. The zero-order valence-corrected chi connectivity index (χ0v) is 11.8. The Labute approximate surface area is 109 Å². The van der Waals surface area contributed by atoms with Gasteiger partial charge in [0, 0.05) is 12.6 Å². The number of amides is 2. The summed E-state index contributed by atoms with van der Waals surface area (Å²) in [7, 11) is 0. The van der Waals surface area contributed by atoms with Crippen LogP contribution in [0.1, 0.15) is 47.0 Å². The van der Waals surface area contributed by atoms with Crippen molar-refractivity contribution in [2.45, 2.75) is 53.0 Å². The summed E-state index contributed by atoms with van der Waals surface area (Å²) in [5.74, 6) is -0.783. The van der Waals surface area contributed by atoms with E-state index < -0.39 is 11.9 Å². The van der Waals surface area contributed by atoms with Gasteiger partial charge in [-0.15, -0.1) is 0 Å². The molecule has 0 aliphatic carbocycles. The average molecular weight is 258 g/mol. The summed E-state index contributed by atoms with van der Waals surface area (Å²) in [4.78, 5) is 22.0. The van der Waals surface area contributed by atoms with Crippen molar-refractivity contribution in [1.82, 2.24) is 10.6 Å². The molecule has 0 saturated heterocycles. The zero-order valence-electron chi connectivity index (χ0n) is 11.8. The normalized spacial score (nSPS) is 14.1. The molecule has 0 aromatic carbocycles. The van der Waals surface area contributed by atoms with Crippen molar-refractivity contribution in [1.29, 1.82) is 0 Å². The van der Waals surface area contributed by atoms with Crippen LogP contribution in [0, 0.1) is 11.8 Å². The highest BCUT2D eigenvalue weighted by Crippen LogP contribution is 2.08. The minimum atomic E-state index is -0.903. The Morgan fingerprint density at radius 1 is 1.11 bits per heavy atom. The van der Waals surface area contributed by atoms with Gasteiger partial charge >= 0.3 is 12.0 Å². The van der Waals surface area contributed by atoms with Gasteiger partial charge in [0.05, 0.1) is 5.92 Å². The summed E-state index contributed by atoms with van der Waals surface area (Å²) in [5.41, 5.74) is 0. The fraction of sp³-hybridized carbons (Fsp3) is 0.846. The van der Waals surface area contributed by atoms with Gasteiger partial charge in [0.15, 0.2) is 0 Å². The van der Waals surface area contributed by atoms with Crippen LogP contribution < -0.4 is 10.6 Å². The van der Waals surface area contributed by atoms with Gasteiger partial charge in [-0.25, -0.2) is 4.79 Å². The molecular formula is C13H26N2O3. The summed E-state index contributed by atoms with van der Waals surface area (Å²) in [6, 6.07) is -0.177. The maximum absolute atomic E-state index is 11.5. The number of rotatable bonds is 8. The Kier molecular flexibility index (Phi) is 8.16. The molecule has 0 aromatic heterocycles. The molecule has 18 heavy (non-hydrogen) atoms. The average Bonchev–Trinajstić information content (AvgIpc) is 2.24. The van der Waals surface area contributed by atoms with E-state index in [2.05, 4.69) is 24.5 Å². The number of nitrogens with one attached hydrogen (secondary N) is 2. The van der Waals surface area contributed by atoms with E-state index in [-0.39, 0.29) is 18.6 Å². The van der Waals surface area contributed by atoms with Crippen molar-refractivity contribution in [3.63, 3.8) is 0 Å². The topological polar surface area (TPSA) is 78.4 Å². The van der Waals surface area contributed by atoms with Crippen LogP contribution in [-0.4, -0.2) is 29.7 Å². The van der Waals surface area contributed by atoms with Crippen LogP contribution in [0.2, 0.25) is 0 Å². The van der Waals surface area contributed by atoms with Gasteiger partial charge in [-0.05, 0) is 19.3 Å². The predicted octanol–water partition coefficient (Wildman–Crippen LogP) is 2.22. The number of urea groups is 1. The third kappa shape index (κ3) is 8.84. The molecule has 0 heterocycles. The predicted molar refractivity (Wildman–Crippen MR) is 71.5 cm³/mol. The highest BCUT2D eigenvalue weighted by atomic mass is 16.4. The lowest BCUT2D eigenvalue weighted by atomic mass is 10.0. The van der Waals surface area contributed by atoms with Gasteiger partial charge in [0.2, 0.25) is 0 Å². The summed E-state index contributed by atoms with van der Waals surface area (Å²) >= 11 is 0. The molecule has 106 valence electrons. The number of carbonyl (C=O) groups excluding carboxylic acids is 1. The maximum Gasteiger partial charge on any atom is 0.315 e. The largest absolute Gasteiger partial charge is 0.481 e. The van der Waals surface area contributed by atoms with Gasteiger partial charge in [-0.2, -0.15) is 0 Å². The summed E-state index contributed by atoms with van der Waals surface area (Å²) in [6.07, 6.45) is 3.19. The van der Waals surface area contributed by atoms with Crippen LogP contribution in [-0.2, 0) is 4.79 Å². The van der Waals surface area contributed by atoms with Crippen LogP contribution >= 0.6 is 0 Å². The van der Waals surface area contributed by atoms with Crippen LogP contribution in [0.15, 0.2) is 0 Å². The second-order valence-corrected chi connectivity index (χ2v) is 5.32. The number of aliphatic carboxylic acids is 1. The third-order valence-electron chi connectivity index (χ3n) is 2.79. The van der Waals surface area contributed by atoms with Crippen molar-refractivity contribution < 1.29 is 14.7 Å². The van der Waals surface area contributed by atoms with Crippen molar-refractivity contribution in [2.75, 3.05) is 6.54 Å². The van der Waals surface area contributed by atoms with Crippen LogP contribution in [0.25, 0.3) is 0 Å². The summed E-state index contributed by atoms with van der Waals surface area (Å²) in [5, 5.41) is 14.0. The SMILES string of the molecule is CC(C)CCCC(C)NC(=O)NCC(C)C(=O)O. The summed E-state index contributed by atoms with van der Waals surface area (Å²) in [6.45, 7) is 8.03. The van der Waals surface area contributed by atoms with Gasteiger partial charge in [-0.3, -0.25) is 4.79 Å². The van der Waals surface area contributed by atoms with E-state index in [1.54, 1.807) is 6.92 Å². The van der Waals surface area contributed by atoms with Crippen LogP contribution in [0.5, 0.6) is 0 Å². The lowest BCUT2D eigenvalue weighted by Crippen LogP contribution is -2.43. The fourth-order valence-corrected chi connectivity index (χ4v) is 1.51. The lowest BCUT2D eigenvalue weighted by molar-refractivity contribution is -0.140. The van der Waals surface area contributed by atoms with Crippen molar-refractivity contribution >= 4 is 12.0 Å². The van der Waals surface area contributed by atoms with Gasteiger partial charge in [-0.1, -0.05) is 33.6 Å². The molecule has 0 aliphatic rings. The van der Waals surface area contributed by atoms with E-state index >= 15 is 0 Å². The monoisotopic (exact) mass is 258 g/mol. The van der Waals surface area contributed by atoms with Crippen LogP contribution in [0.3, 0.4) is 0 Å². The van der Waals surface area contributed by atoms with Crippen molar-refractivity contribution in [3.05, 3.63) is 0 Å². The number of carbonyl (C=O) groups is 2. The smallest absolute Gasteiger partial charge is 0.315 e. The van der Waals surface area contributed by atoms with E-state index in [1.807, 2.05) is 6.92 Å². The van der Waals surface area contributed by atoms with E-state index in [4.69, 9.17) is 5.11 Å². The van der Waals surface area contributed by atoms with Crippen molar-refractivity contribution in [2.24, 2.45) is 11.8 Å². The Bertz CT molecular complexity index is 267. The Morgan fingerprint density at radius 2 is 1.72 bits per heavy atom. The molecule has 5 nitrogen and oxygen atoms in total. The number of hydrogen-bond acceptors (Lipinski definition) is 2. The van der Waals surface area contributed by atoms with Gasteiger partial charge in [0.1, 0.15) is 0 Å². The number of hydrogen-bond donors (Lipinski definition) is 3. The minimum absolute atomic E-state index is 0.115. The molecule has 0 radical (unpaired) electrons. The third-order valence-corrected chi connectivity index (χ3v) is 2.79. The maximum atomic E-state index is 11.5. The number of carboxylic acid groups (broad SMARTS) is 1. The quantitative estimate of drug-likeness (QED) is 0.624. The first kappa shape index (κ1) is 16.7. The molecule has 0 fully saturated rings. The first-order valence-electron chi connectivity index (χ1n) is 6.60. The highest BCUT2D eigenvalue weighted by molar-refractivity contribution is 5.75. The van der Waals surface area contributed by atoms with E-state index in [0.717, 1.165) is 19.3 Å². The fourth-order valence-electron chi connectivity index (χ4n) is 1.51. The molecule has 0 aromatic rings. The molecule has 0 aliphatic heterocycles. The molecule has 0 saturated carbocycles. The standard InChI is InChI=1S/C13H26N2O3/c1-9(2)6-5-7-11(4)15-13(18)14-8-10(3)12(16)17/h9-11H,5-8H2,1-4H3,(H,16,17)(H2,14,15,18). The molecule has 3 N–H and O–H groups in total. The first-order chi connectivity index (χ1) is 8.32. The van der Waals surface area contributed by atoms with E-state index in [0.29, 0.717) is 5.92 Å². The molecule has 0 rings (SSSR count). The van der Waals surface area contributed by atoms with Crippen LogP contribution in [0.4, 0.5) is 4.79 Å². The molecule has 0 bridgehead atoms. The Balaban J connectivity index is 3.70. The highest BCUT2D eigenvalue weighted by Gasteiger charge is 2.13. The molecule has 0 spiro atoms. The molecular weight excluding hydrogens is 232 g/mol. The summed E-state index contributed by atoms with van der Waals surface area (Å²) < 4.78 is 0. The molecule has 2 amide bonds. The second kappa shape index (κ2) is 8.78. The molecule has 2 unspecified atom stereocenters. The van der Waals surface area contributed by atoms with E-state index in [9.17, 15) is 9.59 Å². The number of carboxylic acids is 1. The minimum Gasteiger partial charge on any atom is -0.481 e. The van der Waals surface area contributed by atoms with Gasteiger partial charge in [0.25, 0.3) is 0 Å². The Morgan fingerprint density at radius 3 is 2.22 bits per heavy atom. The lowest BCUT2D eigenvalue weighted by Gasteiger charge is -2.16. The van der Waals surface area contributed by atoms with E-state index in [1.165, 1.54) is 0 Å². The zero-order chi connectivity index (χ0) is 14.1. The molecule has 5 heteroatoms.